The third-order valence-corrected chi connectivity index (χ3v) is 4.70. The van der Waals surface area contributed by atoms with Crippen LogP contribution in [-0.4, -0.2) is 45.3 Å². The third-order valence-electron chi connectivity index (χ3n) is 4.70. The lowest BCUT2D eigenvalue weighted by Gasteiger charge is -2.37. The molecule has 2 aromatic rings. The third kappa shape index (κ3) is 3.89. The second-order valence-corrected chi connectivity index (χ2v) is 6.10. The SMILES string of the molecule is COc1ccc(CCN2CCNCC2c2ccccc2OC)cc1. The topological polar surface area (TPSA) is 33.7 Å². The number of hydrogen-bond acceptors (Lipinski definition) is 4. The quantitative estimate of drug-likeness (QED) is 0.885. The van der Waals surface area contributed by atoms with Crippen molar-refractivity contribution in [3.05, 3.63) is 59.7 Å². The molecule has 0 spiro atoms. The zero-order chi connectivity index (χ0) is 16.8. The van der Waals surface area contributed by atoms with Gasteiger partial charge in [0.15, 0.2) is 0 Å². The average Bonchev–Trinajstić information content (AvgIpc) is 2.67. The number of hydrogen-bond donors (Lipinski definition) is 1. The Hall–Kier alpha value is -2.04. The molecule has 128 valence electrons. The molecule has 4 nitrogen and oxygen atoms in total. The van der Waals surface area contributed by atoms with Gasteiger partial charge in [-0.05, 0) is 30.2 Å². The summed E-state index contributed by atoms with van der Waals surface area (Å²) in [6.07, 6.45) is 1.04. The van der Waals surface area contributed by atoms with Gasteiger partial charge in [-0.15, -0.1) is 0 Å². The minimum absolute atomic E-state index is 0.355. The van der Waals surface area contributed by atoms with E-state index in [2.05, 4.69) is 34.5 Å². The van der Waals surface area contributed by atoms with Gasteiger partial charge in [0, 0.05) is 31.7 Å². The number of benzene rings is 2. The van der Waals surface area contributed by atoms with E-state index in [1.807, 2.05) is 24.3 Å². The molecule has 0 radical (unpaired) electrons. The van der Waals surface area contributed by atoms with E-state index in [0.717, 1.165) is 44.1 Å². The Morgan fingerprint density at radius 2 is 1.83 bits per heavy atom. The molecule has 0 aliphatic carbocycles. The first-order chi connectivity index (χ1) is 11.8. The summed E-state index contributed by atoms with van der Waals surface area (Å²) in [5, 5.41) is 3.51. The van der Waals surface area contributed by atoms with E-state index in [9.17, 15) is 0 Å². The summed E-state index contributed by atoms with van der Waals surface area (Å²) in [5.74, 6) is 1.88. The molecule has 1 unspecified atom stereocenters. The molecule has 1 N–H and O–H groups in total. The van der Waals surface area contributed by atoms with E-state index in [-0.39, 0.29) is 0 Å². The van der Waals surface area contributed by atoms with Crippen molar-refractivity contribution in [3.8, 4) is 11.5 Å². The summed E-state index contributed by atoms with van der Waals surface area (Å²) in [6.45, 7) is 4.09. The molecule has 24 heavy (non-hydrogen) atoms. The zero-order valence-corrected chi connectivity index (χ0v) is 14.5. The van der Waals surface area contributed by atoms with Crippen LogP contribution in [0.15, 0.2) is 48.5 Å². The first-order valence-corrected chi connectivity index (χ1v) is 8.52. The van der Waals surface area contributed by atoms with Gasteiger partial charge in [-0.25, -0.2) is 0 Å². The smallest absolute Gasteiger partial charge is 0.123 e. The number of piperazine rings is 1. The van der Waals surface area contributed by atoms with Crippen LogP contribution in [0.3, 0.4) is 0 Å². The maximum Gasteiger partial charge on any atom is 0.123 e. The Morgan fingerprint density at radius 1 is 1.04 bits per heavy atom. The molecule has 0 saturated carbocycles. The fourth-order valence-electron chi connectivity index (χ4n) is 3.33. The number of methoxy groups -OCH3 is 2. The minimum Gasteiger partial charge on any atom is -0.497 e. The Bertz CT molecular complexity index is 642. The van der Waals surface area contributed by atoms with E-state index >= 15 is 0 Å². The average molecular weight is 326 g/mol. The van der Waals surface area contributed by atoms with Crippen molar-refractivity contribution < 1.29 is 9.47 Å². The Balaban J connectivity index is 1.70. The lowest BCUT2D eigenvalue weighted by atomic mass is 10.0. The van der Waals surface area contributed by atoms with Gasteiger partial charge in [0.05, 0.1) is 20.3 Å². The number of nitrogens with zero attached hydrogens (tertiary/aromatic N) is 1. The van der Waals surface area contributed by atoms with Gasteiger partial charge in [-0.3, -0.25) is 4.90 Å². The van der Waals surface area contributed by atoms with Crippen LogP contribution in [-0.2, 0) is 6.42 Å². The molecule has 1 aliphatic heterocycles. The van der Waals surface area contributed by atoms with E-state index in [4.69, 9.17) is 9.47 Å². The van der Waals surface area contributed by atoms with Crippen LogP contribution in [0.5, 0.6) is 11.5 Å². The van der Waals surface area contributed by atoms with Gasteiger partial charge in [0.1, 0.15) is 11.5 Å². The number of ether oxygens (including phenoxy) is 2. The molecule has 2 aromatic carbocycles. The van der Waals surface area contributed by atoms with Gasteiger partial charge in [0.25, 0.3) is 0 Å². The summed E-state index contributed by atoms with van der Waals surface area (Å²) in [5.41, 5.74) is 2.61. The molecule has 1 atom stereocenters. The second kappa shape index (κ2) is 8.18. The zero-order valence-electron chi connectivity index (χ0n) is 14.5. The van der Waals surface area contributed by atoms with Gasteiger partial charge < -0.3 is 14.8 Å². The molecule has 4 heteroatoms. The molecule has 1 aliphatic rings. The highest BCUT2D eigenvalue weighted by atomic mass is 16.5. The predicted octanol–water partition coefficient (Wildman–Crippen LogP) is 2.89. The molecule has 3 rings (SSSR count). The second-order valence-electron chi connectivity index (χ2n) is 6.10. The van der Waals surface area contributed by atoms with Crippen LogP contribution in [0.1, 0.15) is 17.2 Å². The first kappa shape index (κ1) is 16.8. The van der Waals surface area contributed by atoms with Crippen molar-refractivity contribution >= 4 is 0 Å². The lowest BCUT2D eigenvalue weighted by molar-refractivity contribution is 0.161. The summed E-state index contributed by atoms with van der Waals surface area (Å²) in [7, 11) is 3.45. The van der Waals surface area contributed by atoms with Gasteiger partial charge in [-0.2, -0.15) is 0 Å². The van der Waals surface area contributed by atoms with E-state index in [1.165, 1.54) is 11.1 Å². The highest BCUT2D eigenvalue weighted by Crippen LogP contribution is 2.30. The predicted molar refractivity (Wildman–Crippen MR) is 96.9 cm³/mol. The van der Waals surface area contributed by atoms with Gasteiger partial charge in [0.2, 0.25) is 0 Å². The minimum atomic E-state index is 0.355. The van der Waals surface area contributed by atoms with E-state index in [0.29, 0.717) is 6.04 Å². The monoisotopic (exact) mass is 326 g/mol. The summed E-state index contributed by atoms with van der Waals surface area (Å²) in [4.78, 5) is 2.55. The maximum atomic E-state index is 5.57. The highest BCUT2D eigenvalue weighted by molar-refractivity contribution is 5.36. The fraction of sp³-hybridized carbons (Fsp3) is 0.400. The summed E-state index contributed by atoms with van der Waals surface area (Å²) < 4.78 is 10.8. The fourth-order valence-corrected chi connectivity index (χ4v) is 3.33. The van der Waals surface area contributed by atoms with Crippen molar-refractivity contribution in [1.82, 2.24) is 10.2 Å². The standard InChI is InChI=1S/C20H26N2O2/c1-23-17-9-7-16(8-10-17)11-13-22-14-12-21-15-19(22)18-5-3-4-6-20(18)24-2/h3-10,19,21H,11-15H2,1-2H3. The summed E-state index contributed by atoms with van der Waals surface area (Å²) >= 11 is 0. The molecule has 0 bridgehead atoms. The largest absolute Gasteiger partial charge is 0.497 e. The van der Waals surface area contributed by atoms with Crippen molar-refractivity contribution in [2.45, 2.75) is 12.5 Å². The lowest BCUT2D eigenvalue weighted by Crippen LogP contribution is -2.46. The number of rotatable bonds is 6. The van der Waals surface area contributed by atoms with Crippen LogP contribution >= 0.6 is 0 Å². The number of para-hydroxylation sites is 1. The van der Waals surface area contributed by atoms with Crippen molar-refractivity contribution in [1.29, 1.82) is 0 Å². The van der Waals surface area contributed by atoms with Crippen LogP contribution in [0.2, 0.25) is 0 Å². The summed E-state index contributed by atoms with van der Waals surface area (Å²) in [6, 6.07) is 17.1. The van der Waals surface area contributed by atoms with Crippen LogP contribution < -0.4 is 14.8 Å². The molecular formula is C20H26N2O2. The highest BCUT2D eigenvalue weighted by Gasteiger charge is 2.25. The first-order valence-electron chi connectivity index (χ1n) is 8.52. The van der Waals surface area contributed by atoms with E-state index in [1.54, 1.807) is 14.2 Å². The Morgan fingerprint density at radius 3 is 2.58 bits per heavy atom. The van der Waals surface area contributed by atoms with Crippen molar-refractivity contribution in [2.24, 2.45) is 0 Å². The molecule has 1 fully saturated rings. The molecular weight excluding hydrogens is 300 g/mol. The molecule has 1 saturated heterocycles. The molecule has 1 heterocycles. The van der Waals surface area contributed by atoms with Crippen LogP contribution in [0.25, 0.3) is 0 Å². The maximum absolute atomic E-state index is 5.57. The van der Waals surface area contributed by atoms with Crippen LogP contribution in [0.4, 0.5) is 0 Å². The molecule has 0 amide bonds. The number of nitrogens with one attached hydrogen (secondary N) is 1. The van der Waals surface area contributed by atoms with Crippen molar-refractivity contribution in [2.75, 3.05) is 40.4 Å². The van der Waals surface area contributed by atoms with Gasteiger partial charge >= 0.3 is 0 Å². The molecule has 0 aromatic heterocycles. The van der Waals surface area contributed by atoms with Gasteiger partial charge in [-0.1, -0.05) is 30.3 Å². The van der Waals surface area contributed by atoms with E-state index < -0.39 is 0 Å². The Kier molecular flexibility index (Phi) is 5.72. The van der Waals surface area contributed by atoms with Crippen molar-refractivity contribution in [3.63, 3.8) is 0 Å². The normalized spacial score (nSPS) is 18.3. The Labute approximate surface area is 144 Å². The van der Waals surface area contributed by atoms with Crippen LogP contribution in [0, 0.1) is 0 Å².